The second-order valence-electron chi connectivity index (χ2n) is 7.96. The summed E-state index contributed by atoms with van der Waals surface area (Å²) < 4.78 is 8.13. The first-order chi connectivity index (χ1) is 12.4. The molecule has 1 saturated carbocycles. The normalized spacial score (nSPS) is 27.2. The molecule has 1 fully saturated rings. The average Bonchev–Trinajstić information content (AvgIpc) is 3.11. The topological polar surface area (TPSA) is 56.2 Å². The Bertz CT molecular complexity index is 833. The summed E-state index contributed by atoms with van der Waals surface area (Å²) in [5.74, 6) is 1.92. The van der Waals surface area contributed by atoms with Gasteiger partial charge in [-0.05, 0) is 43.4 Å². The number of hydrogen-bond donors (Lipinski definition) is 1. The molecule has 1 aliphatic carbocycles. The minimum atomic E-state index is -0.250. The lowest BCUT2D eigenvalue weighted by Crippen LogP contribution is -2.43. The number of ether oxygens (including phenoxy) is 1. The third kappa shape index (κ3) is 3.35. The lowest BCUT2D eigenvalue weighted by atomic mass is 9.71. The zero-order chi connectivity index (χ0) is 18.4. The van der Waals surface area contributed by atoms with Gasteiger partial charge in [0, 0.05) is 27.8 Å². The molecule has 6 heteroatoms. The highest BCUT2D eigenvalue weighted by atomic mass is 127. The smallest absolute Gasteiger partial charge is 0.226 e. The third-order valence-electron chi connectivity index (χ3n) is 5.75. The monoisotopic (exact) mass is 465 g/mol. The molecule has 1 N–H and O–H groups in total. The van der Waals surface area contributed by atoms with Gasteiger partial charge in [0.1, 0.15) is 12.4 Å². The Morgan fingerprint density at radius 2 is 2.08 bits per heavy atom. The lowest BCUT2D eigenvalue weighted by Gasteiger charge is -2.39. The van der Waals surface area contributed by atoms with Crippen molar-refractivity contribution in [2.45, 2.75) is 56.1 Å². The first-order valence-electron chi connectivity index (χ1n) is 9.12. The number of benzene rings is 1. The number of hydrogen-bond acceptors (Lipinski definition) is 3. The molecule has 2 aromatic rings. The standard InChI is InChI=1S/C20H24IN3O2/c1-19(5-7-20(2,21)8-6-19)18(25)23-12-14-3-4-16-15(11-14)24-10-9-22-17(24)13-26-16/h3-4,9-11H,5-8,12-13H2,1-2H3,(H,23,25). The molecule has 138 valence electrons. The van der Waals surface area contributed by atoms with Crippen LogP contribution in [-0.4, -0.2) is 18.9 Å². The fourth-order valence-electron chi connectivity index (χ4n) is 3.73. The lowest BCUT2D eigenvalue weighted by molar-refractivity contribution is -0.132. The van der Waals surface area contributed by atoms with Crippen LogP contribution < -0.4 is 10.1 Å². The van der Waals surface area contributed by atoms with Crippen molar-refractivity contribution in [3.05, 3.63) is 42.0 Å². The number of halogens is 1. The van der Waals surface area contributed by atoms with Gasteiger partial charge in [-0.25, -0.2) is 4.98 Å². The Balaban J connectivity index is 1.45. The highest BCUT2D eigenvalue weighted by Crippen LogP contribution is 2.45. The number of nitrogens with zero attached hydrogens (tertiary/aromatic N) is 2. The summed E-state index contributed by atoms with van der Waals surface area (Å²) in [7, 11) is 0. The molecule has 26 heavy (non-hydrogen) atoms. The van der Waals surface area contributed by atoms with Crippen molar-refractivity contribution in [3.63, 3.8) is 0 Å². The minimum absolute atomic E-state index is 0.168. The largest absolute Gasteiger partial charge is 0.483 e. The van der Waals surface area contributed by atoms with Crippen molar-refractivity contribution in [1.82, 2.24) is 14.9 Å². The maximum atomic E-state index is 12.8. The molecule has 1 aromatic carbocycles. The highest BCUT2D eigenvalue weighted by Gasteiger charge is 2.40. The molecule has 0 radical (unpaired) electrons. The van der Waals surface area contributed by atoms with Gasteiger partial charge in [0.25, 0.3) is 0 Å². The second-order valence-corrected chi connectivity index (χ2v) is 10.6. The van der Waals surface area contributed by atoms with Crippen molar-refractivity contribution in [2.24, 2.45) is 5.41 Å². The van der Waals surface area contributed by atoms with Crippen LogP contribution in [0.15, 0.2) is 30.6 Å². The molecule has 0 spiro atoms. The Hall–Kier alpha value is -1.57. The molecule has 4 rings (SSSR count). The van der Waals surface area contributed by atoms with Crippen LogP contribution in [0, 0.1) is 5.41 Å². The number of aromatic nitrogens is 2. The van der Waals surface area contributed by atoms with Gasteiger partial charge in [-0.2, -0.15) is 0 Å². The molecule has 0 saturated heterocycles. The van der Waals surface area contributed by atoms with Gasteiger partial charge in [-0.3, -0.25) is 9.36 Å². The summed E-state index contributed by atoms with van der Waals surface area (Å²) in [6.45, 7) is 5.41. The number of rotatable bonds is 3. The number of nitrogens with one attached hydrogen (secondary N) is 1. The number of carbonyl (C=O) groups is 1. The van der Waals surface area contributed by atoms with Crippen LogP contribution in [0.1, 0.15) is 50.9 Å². The molecule has 2 aliphatic rings. The Kier molecular flexibility index (Phi) is 4.49. The van der Waals surface area contributed by atoms with Crippen molar-refractivity contribution < 1.29 is 9.53 Å². The van der Waals surface area contributed by atoms with E-state index in [4.69, 9.17) is 4.74 Å². The van der Waals surface area contributed by atoms with Crippen molar-refractivity contribution in [2.75, 3.05) is 0 Å². The average molecular weight is 465 g/mol. The van der Waals surface area contributed by atoms with Gasteiger partial charge in [0.2, 0.25) is 5.91 Å². The first kappa shape index (κ1) is 17.8. The van der Waals surface area contributed by atoms with Crippen molar-refractivity contribution in [3.8, 4) is 11.4 Å². The first-order valence-corrected chi connectivity index (χ1v) is 10.2. The van der Waals surface area contributed by atoms with Gasteiger partial charge < -0.3 is 10.1 Å². The maximum absolute atomic E-state index is 12.8. The predicted molar refractivity (Wildman–Crippen MR) is 109 cm³/mol. The summed E-state index contributed by atoms with van der Waals surface area (Å²) in [5, 5.41) is 3.15. The highest BCUT2D eigenvalue weighted by molar-refractivity contribution is 14.1. The van der Waals surface area contributed by atoms with E-state index in [9.17, 15) is 4.79 Å². The molecular weight excluding hydrogens is 441 g/mol. The van der Waals surface area contributed by atoms with Crippen LogP contribution in [0.5, 0.6) is 5.75 Å². The summed E-state index contributed by atoms with van der Waals surface area (Å²) >= 11 is 2.53. The van der Waals surface area contributed by atoms with E-state index in [1.54, 1.807) is 6.20 Å². The van der Waals surface area contributed by atoms with Gasteiger partial charge in [0.15, 0.2) is 5.82 Å². The van der Waals surface area contributed by atoms with Crippen LogP contribution in [0.4, 0.5) is 0 Å². The quantitative estimate of drug-likeness (QED) is 0.548. The molecule has 0 atom stereocenters. The molecule has 1 aliphatic heterocycles. The SMILES string of the molecule is CC1(I)CCC(C)(C(=O)NCc2ccc3c(c2)-n2ccnc2CO3)CC1. The van der Waals surface area contributed by atoms with Crippen LogP contribution in [-0.2, 0) is 17.9 Å². The van der Waals surface area contributed by atoms with E-state index in [-0.39, 0.29) is 11.3 Å². The van der Waals surface area contributed by atoms with Gasteiger partial charge >= 0.3 is 0 Å². The van der Waals surface area contributed by atoms with Crippen LogP contribution in [0.25, 0.3) is 5.69 Å². The van der Waals surface area contributed by atoms with E-state index < -0.39 is 0 Å². The van der Waals surface area contributed by atoms with E-state index in [1.807, 2.05) is 22.9 Å². The molecule has 1 aromatic heterocycles. The van der Waals surface area contributed by atoms with Crippen LogP contribution in [0.2, 0.25) is 0 Å². The van der Waals surface area contributed by atoms with E-state index in [2.05, 4.69) is 52.8 Å². The summed E-state index contributed by atoms with van der Waals surface area (Å²) in [6.07, 6.45) is 7.83. The molecular formula is C20H24IN3O2. The fraction of sp³-hybridized carbons (Fsp3) is 0.500. The Morgan fingerprint density at radius 1 is 1.31 bits per heavy atom. The molecule has 1 amide bonds. The Morgan fingerprint density at radius 3 is 2.85 bits per heavy atom. The molecule has 0 bridgehead atoms. The second kappa shape index (κ2) is 6.55. The molecule has 0 unspecified atom stereocenters. The van der Waals surface area contributed by atoms with E-state index in [1.165, 1.54) is 0 Å². The van der Waals surface area contributed by atoms with E-state index in [0.717, 1.165) is 48.5 Å². The minimum Gasteiger partial charge on any atom is -0.483 e. The number of imidazole rings is 1. The summed E-state index contributed by atoms with van der Waals surface area (Å²) in [4.78, 5) is 17.1. The van der Waals surface area contributed by atoms with Gasteiger partial charge in [0.05, 0.1) is 5.69 Å². The van der Waals surface area contributed by atoms with Gasteiger partial charge in [-0.15, -0.1) is 0 Å². The van der Waals surface area contributed by atoms with Crippen molar-refractivity contribution >= 4 is 28.5 Å². The third-order valence-corrected chi connectivity index (χ3v) is 6.83. The van der Waals surface area contributed by atoms with E-state index >= 15 is 0 Å². The fourth-order valence-corrected chi connectivity index (χ4v) is 4.27. The summed E-state index contributed by atoms with van der Waals surface area (Å²) in [5.41, 5.74) is 1.81. The maximum Gasteiger partial charge on any atom is 0.226 e. The number of amides is 1. The number of alkyl halides is 1. The number of fused-ring (bicyclic) bond motifs is 3. The van der Waals surface area contributed by atoms with Gasteiger partial charge in [-0.1, -0.05) is 42.5 Å². The number of carbonyl (C=O) groups excluding carboxylic acids is 1. The predicted octanol–water partition coefficient (Wildman–Crippen LogP) is 4.15. The van der Waals surface area contributed by atoms with E-state index in [0.29, 0.717) is 16.6 Å². The zero-order valence-corrected chi connectivity index (χ0v) is 17.4. The summed E-state index contributed by atoms with van der Waals surface area (Å²) in [6, 6.07) is 6.07. The Labute approximate surface area is 167 Å². The molecule has 5 nitrogen and oxygen atoms in total. The van der Waals surface area contributed by atoms with Crippen molar-refractivity contribution in [1.29, 1.82) is 0 Å². The molecule has 2 heterocycles. The van der Waals surface area contributed by atoms with Crippen LogP contribution in [0.3, 0.4) is 0 Å². The zero-order valence-electron chi connectivity index (χ0n) is 15.2. The van der Waals surface area contributed by atoms with Crippen LogP contribution >= 0.6 is 22.6 Å².